The van der Waals surface area contributed by atoms with E-state index in [0.29, 0.717) is 6.42 Å². The van der Waals surface area contributed by atoms with Gasteiger partial charge in [-0.3, -0.25) is 0 Å². The van der Waals surface area contributed by atoms with Crippen LogP contribution in [0.25, 0.3) is 0 Å². The first kappa shape index (κ1) is 16.3. The number of alkyl halides is 3. The molecule has 2 N–H and O–H groups in total. The normalized spacial score (nSPS) is 12.7. The zero-order valence-corrected chi connectivity index (χ0v) is 11.2. The van der Waals surface area contributed by atoms with Crippen molar-refractivity contribution < 1.29 is 23.4 Å². The number of thioether (sulfide) groups is 1. The van der Waals surface area contributed by atoms with E-state index in [-0.39, 0.29) is 37.1 Å². The summed E-state index contributed by atoms with van der Waals surface area (Å²) in [7, 11) is 0. The van der Waals surface area contributed by atoms with Crippen molar-refractivity contribution in [3.63, 3.8) is 0 Å². The Bertz CT molecular complexity index is 364. The van der Waals surface area contributed by atoms with Gasteiger partial charge in [-0.1, -0.05) is 42.1 Å². The molecule has 1 aromatic rings. The lowest BCUT2D eigenvalue weighted by Gasteiger charge is -2.30. The summed E-state index contributed by atoms with van der Waals surface area (Å²) < 4.78 is 36.3. The van der Waals surface area contributed by atoms with E-state index < -0.39 is 10.9 Å². The van der Waals surface area contributed by atoms with Crippen LogP contribution >= 0.6 is 11.8 Å². The minimum atomic E-state index is -4.27. The van der Waals surface area contributed by atoms with Crippen LogP contribution in [-0.4, -0.2) is 34.7 Å². The Morgan fingerprint density at radius 2 is 1.58 bits per heavy atom. The average Bonchev–Trinajstić information content (AvgIpc) is 2.37. The Balaban J connectivity index is 2.63. The van der Waals surface area contributed by atoms with E-state index in [1.54, 1.807) is 0 Å². The maximum absolute atomic E-state index is 12.1. The third kappa shape index (κ3) is 5.84. The van der Waals surface area contributed by atoms with Gasteiger partial charge in [-0.15, -0.1) is 0 Å². The molecule has 0 bridgehead atoms. The van der Waals surface area contributed by atoms with Crippen LogP contribution in [0.4, 0.5) is 13.2 Å². The van der Waals surface area contributed by atoms with Crippen molar-refractivity contribution in [3.05, 3.63) is 35.9 Å². The fourth-order valence-corrected chi connectivity index (χ4v) is 2.59. The highest BCUT2D eigenvalue weighted by Crippen LogP contribution is 2.35. The first-order chi connectivity index (χ1) is 8.91. The Morgan fingerprint density at radius 3 is 2.05 bits per heavy atom. The summed E-state index contributed by atoms with van der Waals surface area (Å²) in [6.45, 7) is -0.673. The van der Waals surface area contributed by atoms with Gasteiger partial charge in [0.15, 0.2) is 0 Å². The van der Waals surface area contributed by atoms with E-state index in [1.807, 2.05) is 30.3 Å². The zero-order chi connectivity index (χ0) is 14.4. The second-order valence-corrected chi connectivity index (χ2v) is 5.68. The number of rotatable bonds is 7. The molecule has 0 aliphatic carbocycles. The molecule has 0 atom stereocenters. The molecule has 0 aliphatic rings. The molecular weight excluding hydrogens is 277 g/mol. The number of aliphatic hydroxyl groups is 2. The van der Waals surface area contributed by atoms with Gasteiger partial charge in [-0.2, -0.15) is 13.2 Å². The van der Waals surface area contributed by atoms with Gasteiger partial charge < -0.3 is 10.2 Å². The average molecular weight is 294 g/mol. The van der Waals surface area contributed by atoms with Crippen LogP contribution in [0.3, 0.4) is 0 Å². The molecule has 0 radical (unpaired) electrons. The summed E-state index contributed by atoms with van der Waals surface area (Å²) in [5.41, 5.74) is -4.29. The zero-order valence-electron chi connectivity index (χ0n) is 10.4. The number of hydrogen-bond donors (Lipinski definition) is 2. The maximum atomic E-state index is 12.1. The van der Waals surface area contributed by atoms with Gasteiger partial charge in [0.25, 0.3) is 0 Å². The second kappa shape index (κ2) is 7.17. The fraction of sp³-hybridized carbons (Fsp3) is 0.538. The molecular formula is C13H17F3O2S. The third-order valence-corrected chi connectivity index (χ3v) is 3.73. The highest BCUT2D eigenvalue weighted by molar-refractivity contribution is 8.00. The number of halogens is 3. The van der Waals surface area contributed by atoms with E-state index >= 15 is 0 Å². The van der Waals surface area contributed by atoms with Crippen molar-refractivity contribution >= 4 is 11.8 Å². The van der Waals surface area contributed by atoms with E-state index in [1.165, 1.54) is 0 Å². The molecule has 0 amide bonds. The van der Waals surface area contributed by atoms with E-state index in [4.69, 9.17) is 0 Å². The van der Waals surface area contributed by atoms with Crippen molar-refractivity contribution in [2.45, 2.75) is 18.3 Å². The van der Waals surface area contributed by atoms with E-state index in [2.05, 4.69) is 0 Å². The van der Waals surface area contributed by atoms with Crippen LogP contribution in [0.1, 0.15) is 12.0 Å². The van der Waals surface area contributed by atoms with Crippen molar-refractivity contribution in [1.82, 2.24) is 0 Å². The molecule has 0 fully saturated rings. The molecule has 6 heteroatoms. The highest BCUT2D eigenvalue weighted by atomic mass is 32.2. The van der Waals surface area contributed by atoms with Gasteiger partial charge in [0, 0.05) is 11.2 Å². The molecule has 0 heterocycles. The fourth-order valence-electron chi connectivity index (χ4n) is 1.82. The van der Waals surface area contributed by atoms with Crippen molar-refractivity contribution in [3.8, 4) is 0 Å². The summed E-state index contributed by atoms with van der Waals surface area (Å²) in [6.07, 6.45) is 0.471. The van der Waals surface area contributed by atoms with Crippen LogP contribution < -0.4 is 0 Å². The molecule has 1 rings (SSSR count). The summed E-state index contributed by atoms with van der Waals surface area (Å²) in [5, 5.41) is 18.8. The maximum Gasteiger partial charge on any atom is 0.441 e. The van der Waals surface area contributed by atoms with Crippen molar-refractivity contribution in [2.24, 2.45) is 5.41 Å². The lowest BCUT2D eigenvalue weighted by atomic mass is 9.81. The van der Waals surface area contributed by atoms with Crippen LogP contribution in [0, 0.1) is 5.41 Å². The Kier molecular flexibility index (Phi) is 6.16. The van der Waals surface area contributed by atoms with E-state index in [9.17, 15) is 23.4 Å². The van der Waals surface area contributed by atoms with Gasteiger partial charge >= 0.3 is 5.51 Å². The molecule has 108 valence electrons. The molecule has 0 aliphatic heterocycles. The first-order valence-corrected chi connectivity index (χ1v) is 6.86. The summed E-state index contributed by atoms with van der Waals surface area (Å²) in [5.74, 6) is -0.169. The Hall–Kier alpha value is -0.720. The molecule has 0 saturated carbocycles. The minimum Gasteiger partial charge on any atom is -0.396 e. The first-order valence-electron chi connectivity index (χ1n) is 5.87. The quantitative estimate of drug-likeness (QED) is 0.812. The number of aliphatic hydroxyl groups excluding tert-OH is 2. The predicted molar refractivity (Wildman–Crippen MR) is 69.9 cm³/mol. The van der Waals surface area contributed by atoms with Gasteiger partial charge in [0.1, 0.15) is 0 Å². The Labute approximate surface area is 114 Å². The molecule has 19 heavy (non-hydrogen) atoms. The molecule has 2 nitrogen and oxygen atoms in total. The molecule has 0 spiro atoms. The summed E-state index contributed by atoms with van der Waals surface area (Å²) >= 11 is -0.120. The topological polar surface area (TPSA) is 40.5 Å². The number of hydrogen-bond acceptors (Lipinski definition) is 3. The molecule has 0 saturated heterocycles. The highest BCUT2D eigenvalue weighted by Gasteiger charge is 2.33. The lowest BCUT2D eigenvalue weighted by molar-refractivity contribution is -0.0332. The predicted octanol–water partition coefficient (Wildman–Crippen LogP) is 2.84. The van der Waals surface area contributed by atoms with Crippen LogP contribution in [0.2, 0.25) is 0 Å². The van der Waals surface area contributed by atoms with Crippen LogP contribution in [-0.2, 0) is 6.42 Å². The smallest absolute Gasteiger partial charge is 0.396 e. The van der Waals surface area contributed by atoms with Crippen LogP contribution in [0.15, 0.2) is 30.3 Å². The summed E-state index contributed by atoms with van der Waals surface area (Å²) in [6, 6.07) is 9.13. The monoisotopic (exact) mass is 294 g/mol. The lowest BCUT2D eigenvalue weighted by Crippen LogP contribution is -2.33. The van der Waals surface area contributed by atoms with Gasteiger partial charge in [0.2, 0.25) is 0 Å². The number of benzene rings is 1. The third-order valence-electron chi connectivity index (χ3n) is 2.99. The molecule has 0 unspecified atom stereocenters. The standard InChI is InChI=1S/C13H17F3O2S/c14-13(15,16)19-7-6-12(9-17,10-18)8-11-4-2-1-3-5-11/h1-5,17-18H,6-10H2. The van der Waals surface area contributed by atoms with Crippen molar-refractivity contribution in [2.75, 3.05) is 19.0 Å². The van der Waals surface area contributed by atoms with E-state index in [0.717, 1.165) is 5.56 Å². The van der Waals surface area contributed by atoms with Gasteiger partial charge in [-0.05, 0) is 18.4 Å². The Morgan fingerprint density at radius 1 is 1.00 bits per heavy atom. The minimum absolute atomic E-state index is 0.110. The molecule has 0 aromatic heterocycles. The molecule has 1 aromatic carbocycles. The second-order valence-electron chi connectivity index (χ2n) is 4.52. The van der Waals surface area contributed by atoms with Crippen molar-refractivity contribution in [1.29, 1.82) is 0 Å². The van der Waals surface area contributed by atoms with Gasteiger partial charge in [-0.25, -0.2) is 0 Å². The largest absolute Gasteiger partial charge is 0.441 e. The van der Waals surface area contributed by atoms with Crippen LogP contribution in [0.5, 0.6) is 0 Å². The SMILES string of the molecule is OCC(CO)(CCSC(F)(F)F)Cc1ccccc1. The summed E-state index contributed by atoms with van der Waals surface area (Å²) in [4.78, 5) is 0. The van der Waals surface area contributed by atoms with Gasteiger partial charge in [0.05, 0.1) is 13.2 Å².